The molecule has 0 fully saturated rings. The topological polar surface area (TPSA) is 43.7 Å². The van der Waals surface area contributed by atoms with Gasteiger partial charge in [0, 0.05) is 0 Å². The lowest BCUT2D eigenvalue weighted by Gasteiger charge is -2.25. The SMILES string of the molecule is CC1=C(N(O)O)C[C@H](C(C)C)C=C1. The van der Waals surface area contributed by atoms with Crippen molar-refractivity contribution in [3.63, 3.8) is 0 Å². The van der Waals surface area contributed by atoms with Crippen molar-refractivity contribution in [3.8, 4) is 0 Å². The van der Waals surface area contributed by atoms with Gasteiger partial charge in [0.2, 0.25) is 0 Å². The Labute approximate surface area is 78.9 Å². The Balaban J connectivity index is 2.78. The zero-order chi connectivity index (χ0) is 10.0. The van der Waals surface area contributed by atoms with Gasteiger partial charge in [-0.25, -0.2) is 0 Å². The van der Waals surface area contributed by atoms with Crippen molar-refractivity contribution in [1.82, 2.24) is 5.23 Å². The van der Waals surface area contributed by atoms with Gasteiger partial charge in [-0.1, -0.05) is 26.0 Å². The minimum atomic E-state index is 0.244. The quantitative estimate of drug-likeness (QED) is 0.647. The summed E-state index contributed by atoms with van der Waals surface area (Å²) < 4.78 is 0. The molecule has 0 heterocycles. The van der Waals surface area contributed by atoms with Crippen molar-refractivity contribution in [2.75, 3.05) is 0 Å². The largest absolute Gasteiger partial charge is 0.264 e. The average molecular weight is 183 g/mol. The van der Waals surface area contributed by atoms with Gasteiger partial charge in [0.15, 0.2) is 0 Å². The highest BCUT2D eigenvalue weighted by atomic mass is 16.8. The van der Waals surface area contributed by atoms with E-state index >= 15 is 0 Å². The Morgan fingerprint density at radius 1 is 1.46 bits per heavy atom. The smallest absolute Gasteiger partial charge is 0.0751 e. The molecule has 1 rings (SSSR count). The van der Waals surface area contributed by atoms with Crippen molar-refractivity contribution in [2.24, 2.45) is 11.8 Å². The summed E-state index contributed by atoms with van der Waals surface area (Å²) >= 11 is 0. The number of allylic oxidation sites excluding steroid dienone is 4. The second-order valence-corrected chi connectivity index (χ2v) is 3.89. The first kappa shape index (κ1) is 10.3. The van der Waals surface area contributed by atoms with Gasteiger partial charge in [-0.2, -0.15) is 0 Å². The van der Waals surface area contributed by atoms with Gasteiger partial charge in [0.1, 0.15) is 0 Å². The molecule has 13 heavy (non-hydrogen) atoms. The fourth-order valence-corrected chi connectivity index (χ4v) is 1.51. The van der Waals surface area contributed by atoms with E-state index < -0.39 is 0 Å². The molecule has 0 bridgehead atoms. The number of nitrogens with zero attached hydrogens (tertiary/aromatic N) is 1. The normalized spacial score (nSPS) is 22.8. The Hall–Kier alpha value is -0.800. The summed E-state index contributed by atoms with van der Waals surface area (Å²) in [7, 11) is 0. The Morgan fingerprint density at radius 2 is 2.08 bits per heavy atom. The van der Waals surface area contributed by atoms with Gasteiger partial charge >= 0.3 is 0 Å². The molecule has 2 N–H and O–H groups in total. The molecule has 1 aliphatic carbocycles. The molecule has 3 nitrogen and oxygen atoms in total. The summed E-state index contributed by atoms with van der Waals surface area (Å²) in [5, 5.41) is 18.1. The van der Waals surface area contributed by atoms with E-state index in [0.29, 0.717) is 24.0 Å². The van der Waals surface area contributed by atoms with Crippen molar-refractivity contribution in [3.05, 3.63) is 23.4 Å². The van der Waals surface area contributed by atoms with E-state index in [9.17, 15) is 0 Å². The predicted octanol–water partition coefficient (Wildman–Crippen LogP) is 2.57. The second kappa shape index (κ2) is 3.94. The standard InChI is InChI=1S/C10H17NO2/c1-7(2)9-5-4-8(3)10(6-9)11(12)13/h4-5,7,9,12-13H,6H2,1-3H3/t9-/m1/s1. The van der Waals surface area contributed by atoms with Gasteiger partial charge in [-0.05, 0) is 30.8 Å². The third kappa shape index (κ3) is 2.32. The van der Waals surface area contributed by atoms with E-state index in [1.165, 1.54) is 0 Å². The zero-order valence-corrected chi connectivity index (χ0v) is 8.36. The molecule has 74 valence electrons. The molecule has 0 aromatic carbocycles. The van der Waals surface area contributed by atoms with Crippen LogP contribution in [-0.4, -0.2) is 15.6 Å². The van der Waals surface area contributed by atoms with Gasteiger partial charge in [0.05, 0.1) is 5.70 Å². The lowest BCUT2D eigenvalue weighted by Crippen LogP contribution is -2.21. The van der Waals surface area contributed by atoms with Crippen molar-refractivity contribution >= 4 is 0 Å². The van der Waals surface area contributed by atoms with Crippen LogP contribution < -0.4 is 0 Å². The summed E-state index contributed by atoms with van der Waals surface area (Å²) in [6, 6.07) is 0. The molecule has 1 atom stereocenters. The van der Waals surface area contributed by atoms with Crippen molar-refractivity contribution in [1.29, 1.82) is 0 Å². The zero-order valence-electron chi connectivity index (χ0n) is 8.36. The molecule has 3 heteroatoms. The first-order valence-corrected chi connectivity index (χ1v) is 4.58. The van der Waals surface area contributed by atoms with Gasteiger partial charge in [-0.3, -0.25) is 10.4 Å². The van der Waals surface area contributed by atoms with Crippen LogP contribution in [0.3, 0.4) is 0 Å². The Bertz CT molecular complexity index is 241. The maximum Gasteiger partial charge on any atom is 0.0751 e. The van der Waals surface area contributed by atoms with Gasteiger partial charge in [-0.15, -0.1) is 5.23 Å². The second-order valence-electron chi connectivity index (χ2n) is 3.89. The lowest BCUT2D eigenvalue weighted by molar-refractivity contribution is -0.281. The third-order valence-electron chi connectivity index (χ3n) is 2.58. The van der Waals surface area contributed by atoms with Crippen LogP contribution in [0.15, 0.2) is 23.4 Å². The van der Waals surface area contributed by atoms with Crippen LogP contribution in [0.5, 0.6) is 0 Å². The third-order valence-corrected chi connectivity index (χ3v) is 2.58. The summed E-state index contributed by atoms with van der Waals surface area (Å²) in [5.41, 5.74) is 1.52. The number of rotatable bonds is 2. The fraction of sp³-hybridized carbons (Fsp3) is 0.600. The molecule has 0 saturated heterocycles. The summed E-state index contributed by atoms with van der Waals surface area (Å²) in [5.74, 6) is 0.930. The molecule has 0 spiro atoms. The van der Waals surface area contributed by atoms with Crippen molar-refractivity contribution < 1.29 is 10.4 Å². The molecular weight excluding hydrogens is 166 g/mol. The predicted molar refractivity (Wildman–Crippen MR) is 50.2 cm³/mol. The van der Waals surface area contributed by atoms with Crippen LogP contribution >= 0.6 is 0 Å². The molecule has 0 aromatic rings. The van der Waals surface area contributed by atoms with E-state index in [2.05, 4.69) is 19.9 Å². The van der Waals surface area contributed by atoms with E-state index in [4.69, 9.17) is 10.4 Å². The summed E-state index contributed by atoms with van der Waals surface area (Å²) in [6.07, 6.45) is 4.78. The van der Waals surface area contributed by atoms with Crippen LogP contribution in [0.2, 0.25) is 0 Å². The summed E-state index contributed by atoms with van der Waals surface area (Å²) in [4.78, 5) is 0. The fourth-order valence-electron chi connectivity index (χ4n) is 1.51. The Kier molecular flexibility index (Phi) is 3.12. The highest BCUT2D eigenvalue weighted by Gasteiger charge is 2.19. The van der Waals surface area contributed by atoms with Crippen molar-refractivity contribution in [2.45, 2.75) is 27.2 Å². The van der Waals surface area contributed by atoms with Crippen LogP contribution in [-0.2, 0) is 0 Å². The first-order valence-electron chi connectivity index (χ1n) is 4.58. The van der Waals surface area contributed by atoms with Crippen LogP contribution in [0, 0.1) is 11.8 Å². The highest BCUT2D eigenvalue weighted by molar-refractivity contribution is 5.27. The monoisotopic (exact) mass is 183 g/mol. The average Bonchev–Trinajstić information content (AvgIpc) is 2.04. The highest BCUT2D eigenvalue weighted by Crippen LogP contribution is 2.29. The van der Waals surface area contributed by atoms with Gasteiger partial charge < -0.3 is 0 Å². The van der Waals surface area contributed by atoms with E-state index in [1.54, 1.807) is 0 Å². The molecule has 0 aliphatic heterocycles. The molecular formula is C10H17NO2. The van der Waals surface area contributed by atoms with E-state index in [-0.39, 0.29) is 5.23 Å². The van der Waals surface area contributed by atoms with E-state index in [0.717, 1.165) is 5.57 Å². The van der Waals surface area contributed by atoms with E-state index in [1.807, 2.05) is 13.0 Å². The lowest BCUT2D eigenvalue weighted by atomic mass is 9.86. The minimum absolute atomic E-state index is 0.244. The maximum absolute atomic E-state index is 8.94. The maximum atomic E-state index is 8.94. The number of hydrogen-bond acceptors (Lipinski definition) is 3. The number of hydrogen-bond donors (Lipinski definition) is 2. The molecule has 0 amide bonds. The van der Waals surface area contributed by atoms with Crippen LogP contribution in [0.1, 0.15) is 27.2 Å². The molecule has 1 aliphatic rings. The van der Waals surface area contributed by atoms with Crippen LogP contribution in [0.4, 0.5) is 0 Å². The molecule has 0 unspecified atom stereocenters. The van der Waals surface area contributed by atoms with Crippen LogP contribution in [0.25, 0.3) is 0 Å². The molecule has 0 radical (unpaired) electrons. The Morgan fingerprint density at radius 3 is 2.54 bits per heavy atom. The number of hydroxylamine groups is 2. The molecule has 0 saturated carbocycles. The van der Waals surface area contributed by atoms with Gasteiger partial charge in [0.25, 0.3) is 0 Å². The summed E-state index contributed by atoms with van der Waals surface area (Å²) in [6.45, 7) is 6.14. The minimum Gasteiger partial charge on any atom is -0.264 e. The first-order chi connectivity index (χ1) is 6.02. The molecule has 0 aromatic heterocycles.